The number of amides is 1. The van der Waals surface area contributed by atoms with Crippen LogP contribution in [0.4, 0.5) is 5.82 Å². The summed E-state index contributed by atoms with van der Waals surface area (Å²) in [5.74, 6) is 0.398. The molecule has 0 saturated heterocycles. The van der Waals surface area contributed by atoms with Crippen LogP contribution >= 0.6 is 11.6 Å². The van der Waals surface area contributed by atoms with Crippen molar-refractivity contribution in [2.75, 3.05) is 25.6 Å². The Morgan fingerprint density at radius 3 is 2.63 bits per heavy atom. The van der Waals surface area contributed by atoms with Gasteiger partial charge in [0.2, 0.25) is 0 Å². The van der Waals surface area contributed by atoms with E-state index in [1.165, 1.54) is 6.07 Å². The van der Waals surface area contributed by atoms with Gasteiger partial charge in [-0.15, -0.1) is 0 Å². The van der Waals surface area contributed by atoms with Gasteiger partial charge in [0.1, 0.15) is 11.0 Å². The van der Waals surface area contributed by atoms with E-state index in [9.17, 15) is 4.79 Å². The van der Waals surface area contributed by atoms with Gasteiger partial charge in [0.25, 0.3) is 5.91 Å². The number of carbonyl (C=O) groups is 1. The molecule has 1 aromatic heterocycles. The number of nitrogens with one attached hydrogen (secondary N) is 1. The molecule has 1 aromatic rings. The van der Waals surface area contributed by atoms with Crippen LogP contribution in [0.25, 0.3) is 0 Å². The monoisotopic (exact) mass is 285 g/mol. The average Bonchev–Trinajstić information content (AvgIpc) is 2.36. The third-order valence-corrected chi connectivity index (χ3v) is 3.19. The Hall–Kier alpha value is -1.33. The van der Waals surface area contributed by atoms with E-state index in [-0.39, 0.29) is 29.6 Å². The Bertz CT molecular complexity index is 452. The molecule has 106 valence electrons. The molecule has 1 amide bonds. The Labute approximate surface area is 118 Å². The van der Waals surface area contributed by atoms with Gasteiger partial charge in [-0.1, -0.05) is 18.5 Å². The van der Waals surface area contributed by atoms with E-state index >= 15 is 0 Å². The zero-order valence-electron chi connectivity index (χ0n) is 11.6. The number of hydrogen-bond donors (Lipinski definition) is 2. The smallest absolute Gasteiger partial charge is 0.251 e. The normalized spacial score (nSPS) is 13.8. The molecule has 1 heterocycles. The molecule has 0 bridgehead atoms. The number of aliphatic hydroxyl groups is 1. The highest BCUT2D eigenvalue weighted by molar-refractivity contribution is 6.29. The van der Waals surface area contributed by atoms with Gasteiger partial charge in [-0.3, -0.25) is 4.79 Å². The zero-order valence-corrected chi connectivity index (χ0v) is 12.4. The molecule has 2 atom stereocenters. The van der Waals surface area contributed by atoms with Gasteiger partial charge in [-0.2, -0.15) is 0 Å². The van der Waals surface area contributed by atoms with Crippen LogP contribution in [-0.4, -0.2) is 42.7 Å². The molecule has 5 nitrogen and oxygen atoms in total. The van der Waals surface area contributed by atoms with Gasteiger partial charge in [-0.05, 0) is 25.0 Å². The van der Waals surface area contributed by atoms with E-state index < -0.39 is 0 Å². The van der Waals surface area contributed by atoms with Gasteiger partial charge >= 0.3 is 0 Å². The van der Waals surface area contributed by atoms with Crippen molar-refractivity contribution >= 4 is 23.3 Å². The van der Waals surface area contributed by atoms with Crippen molar-refractivity contribution in [1.82, 2.24) is 10.3 Å². The van der Waals surface area contributed by atoms with E-state index in [4.69, 9.17) is 16.7 Å². The number of aromatic nitrogens is 1. The van der Waals surface area contributed by atoms with Gasteiger partial charge < -0.3 is 15.3 Å². The molecule has 0 aliphatic heterocycles. The quantitative estimate of drug-likeness (QED) is 0.806. The Morgan fingerprint density at radius 1 is 1.47 bits per heavy atom. The predicted molar refractivity (Wildman–Crippen MR) is 76.8 cm³/mol. The minimum atomic E-state index is -0.222. The molecule has 2 unspecified atom stereocenters. The molecular weight excluding hydrogens is 266 g/mol. The lowest BCUT2D eigenvalue weighted by Crippen LogP contribution is -2.38. The molecule has 0 fully saturated rings. The summed E-state index contributed by atoms with van der Waals surface area (Å²) in [6.07, 6.45) is 0. The summed E-state index contributed by atoms with van der Waals surface area (Å²) in [7, 11) is 3.66. The highest BCUT2D eigenvalue weighted by Crippen LogP contribution is 2.16. The topological polar surface area (TPSA) is 65.5 Å². The average molecular weight is 286 g/mol. The summed E-state index contributed by atoms with van der Waals surface area (Å²) in [6, 6.07) is 3.09. The van der Waals surface area contributed by atoms with Crippen LogP contribution < -0.4 is 10.2 Å². The van der Waals surface area contributed by atoms with E-state index in [2.05, 4.69) is 10.3 Å². The van der Waals surface area contributed by atoms with Crippen molar-refractivity contribution in [3.8, 4) is 0 Å². The summed E-state index contributed by atoms with van der Waals surface area (Å²) >= 11 is 5.91. The van der Waals surface area contributed by atoms with Crippen LogP contribution in [-0.2, 0) is 0 Å². The summed E-state index contributed by atoms with van der Waals surface area (Å²) < 4.78 is 0. The van der Waals surface area contributed by atoms with E-state index in [0.29, 0.717) is 11.4 Å². The molecule has 0 aliphatic rings. The summed E-state index contributed by atoms with van der Waals surface area (Å²) in [5, 5.41) is 12.2. The molecular formula is C13H20ClN3O2. The summed E-state index contributed by atoms with van der Waals surface area (Å²) in [5.41, 5.74) is 0.459. The molecule has 1 rings (SSSR count). The SMILES string of the molecule is CC(CO)C(C)NC(=O)c1cc(Cl)nc(N(C)C)c1. The second-order valence-electron chi connectivity index (χ2n) is 4.85. The van der Waals surface area contributed by atoms with E-state index in [1.807, 2.05) is 27.9 Å². The summed E-state index contributed by atoms with van der Waals surface area (Å²) in [6.45, 7) is 3.76. The fourth-order valence-electron chi connectivity index (χ4n) is 1.43. The molecule has 0 saturated carbocycles. The van der Waals surface area contributed by atoms with Gasteiger partial charge in [0, 0.05) is 32.3 Å². The highest BCUT2D eigenvalue weighted by atomic mass is 35.5. The molecule has 0 radical (unpaired) electrons. The van der Waals surface area contributed by atoms with Crippen molar-refractivity contribution < 1.29 is 9.90 Å². The lowest BCUT2D eigenvalue weighted by atomic mass is 10.0. The predicted octanol–water partition coefficient (Wildman–Crippen LogP) is 1.55. The fraction of sp³-hybridized carbons (Fsp3) is 0.538. The lowest BCUT2D eigenvalue weighted by molar-refractivity contribution is 0.0916. The Kier molecular flexibility index (Phi) is 5.57. The van der Waals surface area contributed by atoms with Crippen LogP contribution in [0.3, 0.4) is 0 Å². The zero-order chi connectivity index (χ0) is 14.6. The number of anilines is 1. The number of nitrogens with zero attached hydrogens (tertiary/aromatic N) is 2. The maximum Gasteiger partial charge on any atom is 0.251 e. The number of rotatable bonds is 5. The minimum Gasteiger partial charge on any atom is -0.396 e. The molecule has 6 heteroatoms. The number of halogens is 1. The van der Waals surface area contributed by atoms with Crippen LogP contribution in [0.15, 0.2) is 12.1 Å². The minimum absolute atomic E-state index is 0.00502. The Balaban J connectivity index is 2.88. The Morgan fingerprint density at radius 2 is 2.11 bits per heavy atom. The second kappa shape index (κ2) is 6.73. The van der Waals surface area contributed by atoms with Gasteiger partial charge in [0.15, 0.2) is 0 Å². The first-order valence-corrected chi connectivity index (χ1v) is 6.49. The fourth-order valence-corrected chi connectivity index (χ4v) is 1.64. The van der Waals surface area contributed by atoms with Crippen molar-refractivity contribution in [2.45, 2.75) is 19.9 Å². The maximum atomic E-state index is 12.1. The number of aliphatic hydroxyl groups excluding tert-OH is 1. The van der Waals surface area contributed by atoms with Crippen LogP contribution in [0.1, 0.15) is 24.2 Å². The third-order valence-electron chi connectivity index (χ3n) is 3.00. The maximum absolute atomic E-state index is 12.1. The first kappa shape index (κ1) is 15.7. The molecule has 0 aromatic carbocycles. The van der Waals surface area contributed by atoms with Crippen molar-refractivity contribution in [3.05, 3.63) is 22.8 Å². The number of carbonyl (C=O) groups excluding carboxylic acids is 1. The van der Waals surface area contributed by atoms with Crippen molar-refractivity contribution in [2.24, 2.45) is 5.92 Å². The molecule has 0 aliphatic carbocycles. The van der Waals surface area contributed by atoms with Crippen molar-refractivity contribution in [3.63, 3.8) is 0 Å². The molecule has 0 spiro atoms. The van der Waals surface area contributed by atoms with E-state index in [1.54, 1.807) is 11.0 Å². The van der Waals surface area contributed by atoms with E-state index in [0.717, 1.165) is 0 Å². The van der Waals surface area contributed by atoms with Gasteiger partial charge in [-0.25, -0.2) is 4.98 Å². The first-order valence-electron chi connectivity index (χ1n) is 6.11. The molecule has 2 N–H and O–H groups in total. The number of hydrogen-bond acceptors (Lipinski definition) is 4. The standard InChI is InChI=1S/C13H20ClN3O2/c1-8(7-18)9(2)15-13(19)10-5-11(14)16-12(6-10)17(3)4/h5-6,8-9,18H,7H2,1-4H3,(H,15,19). The van der Waals surface area contributed by atoms with Crippen molar-refractivity contribution in [1.29, 1.82) is 0 Å². The van der Waals surface area contributed by atoms with Crippen LogP contribution in [0.2, 0.25) is 5.15 Å². The second-order valence-corrected chi connectivity index (χ2v) is 5.24. The lowest BCUT2D eigenvalue weighted by Gasteiger charge is -2.20. The third kappa shape index (κ3) is 4.36. The largest absolute Gasteiger partial charge is 0.396 e. The van der Waals surface area contributed by atoms with Crippen LogP contribution in [0, 0.1) is 5.92 Å². The highest BCUT2D eigenvalue weighted by Gasteiger charge is 2.16. The summed E-state index contributed by atoms with van der Waals surface area (Å²) in [4.78, 5) is 18.0. The first-order chi connectivity index (χ1) is 8.85. The van der Waals surface area contributed by atoms with Crippen LogP contribution in [0.5, 0.6) is 0 Å². The number of pyridine rings is 1. The van der Waals surface area contributed by atoms with Gasteiger partial charge in [0.05, 0.1) is 0 Å². The molecule has 19 heavy (non-hydrogen) atoms.